The SMILES string of the molecule is Nc1ccccc1NCc1ccc(OCCN2CCCC2)cc1. The van der Waals surface area contributed by atoms with Crippen LogP contribution in [0.5, 0.6) is 5.75 Å². The average Bonchev–Trinajstić information content (AvgIpc) is 3.09. The van der Waals surface area contributed by atoms with Crippen LogP contribution in [0.1, 0.15) is 18.4 Å². The second-order valence-corrected chi connectivity index (χ2v) is 5.98. The molecule has 0 saturated carbocycles. The number of nitrogen functional groups attached to an aromatic ring is 1. The zero-order chi connectivity index (χ0) is 15.9. The van der Waals surface area contributed by atoms with Crippen LogP contribution < -0.4 is 15.8 Å². The number of nitrogens with zero attached hydrogens (tertiary/aromatic N) is 1. The summed E-state index contributed by atoms with van der Waals surface area (Å²) >= 11 is 0. The first-order valence-corrected chi connectivity index (χ1v) is 8.34. The molecule has 23 heavy (non-hydrogen) atoms. The van der Waals surface area contributed by atoms with Crippen molar-refractivity contribution in [1.82, 2.24) is 4.90 Å². The fourth-order valence-corrected chi connectivity index (χ4v) is 2.86. The monoisotopic (exact) mass is 311 g/mol. The van der Waals surface area contributed by atoms with Crippen LogP contribution in [0.25, 0.3) is 0 Å². The highest BCUT2D eigenvalue weighted by Gasteiger charge is 2.10. The van der Waals surface area contributed by atoms with Gasteiger partial charge in [0.1, 0.15) is 12.4 Å². The zero-order valence-corrected chi connectivity index (χ0v) is 13.5. The van der Waals surface area contributed by atoms with Gasteiger partial charge in [0, 0.05) is 13.1 Å². The quantitative estimate of drug-likeness (QED) is 0.770. The Bertz CT molecular complexity index is 606. The molecule has 2 aromatic rings. The molecular formula is C19H25N3O. The smallest absolute Gasteiger partial charge is 0.119 e. The molecule has 1 saturated heterocycles. The average molecular weight is 311 g/mol. The summed E-state index contributed by atoms with van der Waals surface area (Å²) < 4.78 is 5.82. The Hall–Kier alpha value is -2.20. The van der Waals surface area contributed by atoms with Gasteiger partial charge < -0.3 is 15.8 Å². The minimum atomic E-state index is 0.752. The molecule has 0 radical (unpaired) electrons. The van der Waals surface area contributed by atoms with Crippen LogP contribution >= 0.6 is 0 Å². The molecule has 0 unspecified atom stereocenters. The van der Waals surface area contributed by atoms with Crippen molar-refractivity contribution in [3.05, 3.63) is 54.1 Å². The third kappa shape index (κ3) is 4.63. The van der Waals surface area contributed by atoms with Gasteiger partial charge in [0.25, 0.3) is 0 Å². The second-order valence-electron chi connectivity index (χ2n) is 5.98. The summed E-state index contributed by atoms with van der Waals surface area (Å²) in [5, 5.41) is 3.36. The molecule has 0 aliphatic carbocycles. The summed E-state index contributed by atoms with van der Waals surface area (Å²) in [6.45, 7) is 4.98. The van der Waals surface area contributed by atoms with E-state index >= 15 is 0 Å². The van der Waals surface area contributed by atoms with E-state index in [1.165, 1.54) is 31.5 Å². The van der Waals surface area contributed by atoms with Gasteiger partial charge >= 0.3 is 0 Å². The summed E-state index contributed by atoms with van der Waals surface area (Å²) in [5.74, 6) is 0.937. The van der Waals surface area contributed by atoms with Crippen LogP contribution in [-0.2, 0) is 6.54 Å². The van der Waals surface area contributed by atoms with Crippen LogP contribution in [0, 0.1) is 0 Å². The molecule has 3 rings (SSSR count). The summed E-state index contributed by atoms with van der Waals surface area (Å²) in [5.41, 5.74) is 8.88. The lowest BCUT2D eigenvalue weighted by Crippen LogP contribution is -2.25. The van der Waals surface area contributed by atoms with Gasteiger partial charge in [0.15, 0.2) is 0 Å². The number of hydrogen-bond acceptors (Lipinski definition) is 4. The maximum Gasteiger partial charge on any atom is 0.119 e. The van der Waals surface area contributed by atoms with E-state index in [-0.39, 0.29) is 0 Å². The lowest BCUT2D eigenvalue weighted by molar-refractivity contribution is 0.238. The van der Waals surface area contributed by atoms with E-state index in [9.17, 15) is 0 Å². The number of ether oxygens (including phenoxy) is 1. The number of rotatable bonds is 7. The molecule has 122 valence electrons. The molecule has 4 nitrogen and oxygen atoms in total. The fraction of sp³-hybridized carbons (Fsp3) is 0.368. The molecule has 0 aromatic heterocycles. The Morgan fingerprint density at radius 2 is 1.74 bits per heavy atom. The highest BCUT2D eigenvalue weighted by molar-refractivity contribution is 5.65. The number of hydrogen-bond donors (Lipinski definition) is 2. The van der Waals surface area contributed by atoms with E-state index in [1.54, 1.807) is 0 Å². The molecule has 4 heteroatoms. The van der Waals surface area contributed by atoms with Crippen molar-refractivity contribution < 1.29 is 4.74 Å². The van der Waals surface area contributed by atoms with Gasteiger partial charge in [0.05, 0.1) is 11.4 Å². The first-order valence-electron chi connectivity index (χ1n) is 8.34. The van der Waals surface area contributed by atoms with Gasteiger partial charge in [-0.3, -0.25) is 4.90 Å². The Morgan fingerprint density at radius 3 is 2.48 bits per heavy atom. The second kappa shape index (κ2) is 7.88. The van der Waals surface area contributed by atoms with Crippen LogP contribution in [0.15, 0.2) is 48.5 Å². The van der Waals surface area contributed by atoms with Crippen molar-refractivity contribution in [2.75, 3.05) is 37.3 Å². The number of likely N-dealkylation sites (tertiary alicyclic amines) is 1. The Morgan fingerprint density at radius 1 is 1.00 bits per heavy atom. The number of anilines is 2. The predicted octanol–water partition coefficient (Wildman–Crippen LogP) is 3.36. The summed E-state index contributed by atoms with van der Waals surface area (Å²) in [6, 6.07) is 16.1. The lowest BCUT2D eigenvalue weighted by Gasteiger charge is -2.15. The van der Waals surface area contributed by atoms with Crippen molar-refractivity contribution in [3.63, 3.8) is 0 Å². The number of para-hydroxylation sites is 2. The number of benzene rings is 2. The van der Waals surface area contributed by atoms with Crippen molar-refractivity contribution in [2.45, 2.75) is 19.4 Å². The molecule has 0 amide bonds. The van der Waals surface area contributed by atoms with Crippen LogP contribution in [0.4, 0.5) is 11.4 Å². The molecule has 3 N–H and O–H groups in total. The largest absolute Gasteiger partial charge is 0.492 e. The van der Waals surface area contributed by atoms with Gasteiger partial charge in [-0.2, -0.15) is 0 Å². The summed E-state index contributed by atoms with van der Waals surface area (Å²) in [7, 11) is 0. The molecule has 2 aromatic carbocycles. The number of nitrogens with one attached hydrogen (secondary N) is 1. The third-order valence-corrected chi connectivity index (χ3v) is 4.24. The molecule has 1 aliphatic rings. The Labute approximate surface area is 138 Å². The van der Waals surface area contributed by atoms with Crippen LogP contribution in [0.3, 0.4) is 0 Å². The first kappa shape index (κ1) is 15.7. The topological polar surface area (TPSA) is 50.5 Å². The standard InChI is InChI=1S/C19H25N3O/c20-18-5-1-2-6-19(18)21-15-16-7-9-17(10-8-16)23-14-13-22-11-3-4-12-22/h1-2,5-10,21H,3-4,11-15,20H2. The first-order chi connectivity index (χ1) is 11.3. The maximum atomic E-state index is 5.93. The van der Waals surface area contributed by atoms with Crippen molar-refractivity contribution in [1.29, 1.82) is 0 Å². The minimum Gasteiger partial charge on any atom is -0.492 e. The minimum absolute atomic E-state index is 0.752. The van der Waals surface area contributed by atoms with Gasteiger partial charge in [-0.25, -0.2) is 0 Å². The van der Waals surface area contributed by atoms with Crippen LogP contribution in [0.2, 0.25) is 0 Å². The van der Waals surface area contributed by atoms with Crippen molar-refractivity contribution in [2.24, 2.45) is 0 Å². The fourth-order valence-electron chi connectivity index (χ4n) is 2.86. The van der Waals surface area contributed by atoms with Gasteiger partial charge in [-0.1, -0.05) is 24.3 Å². The Kier molecular flexibility index (Phi) is 5.37. The van der Waals surface area contributed by atoms with E-state index in [2.05, 4.69) is 22.3 Å². The lowest BCUT2D eigenvalue weighted by atomic mass is 10.2. The molecule has 0 spiro atoms. The predicted molar refractivity (Wildman–Crippen MR) is 95.8 cm³/mol. The van der Waals surface area contributed by atoms with Crippen molar-refractivity contribution in [3.8, 4) is 5.75 Å². The third-order valence-electron chi connectivity index (χ3n) is 4.24. The van der Waals surface area contributed by atoms with Gasteiger partial charge in [-0.05, 0) is 55.8 Å². The molecule has 1 aliphatic heterocycles. The zero-order valence-electron chi connectivity index (χ0n) is 13.5. The van der Waals surface area contributed by atoms with E-state index in [1.807, 2.05) is 36.4 Å². The normalized spacial score (nSPS) is 14.8. The van der Waals surface area contributed by atoms with Crippen molar-refractivity contribution >= 4 is 11.4 Å². The summed E-state index contributed by atoms with van der Waals surface area (Å²) in [6.07, 6.45) is 2.65. The van der Waals surface area contributed by atoms with E-state index in [0.717, 1.165) is 36.8 Å². The molecule has 1 heterocycles. The van der Waals surface area contributed by atoms with Crippen LogP contribution in [-0.4, -0.2) is 31.1 Å². The molecule has 0 bridgehead atoms. The maximum absolute atomic E-state index is 5.93. The highest BCUT2D eigenvalue weighted by atomic mass is 16.5. The van der Waals surface area contributed by atoms with Gasteiger partial charge in [-0.15, -0.1) is 0 Å². The number of nitrogens with two attached hydrogens (primary N) is 1. The van der Waals surface area contributed by atoms with E-state index < -0.39 is 0 Å². The van der Waals surface area contributed by atoms with E-state index in [4.69, 9.17) is 10.5 Å². The molecule has 0 atom stereocenters. The van der Waals surface area contributed by atoms with Gasteiger partial charge in [0.2, 0.25) is 0 Å². The Balaban J connectivity index is 1.44. The molecule has 1 fully saturated rings. The van der Waals surface area contributed by atoms with E-state index in [0.29, 0.717) is 0 Å². The highest BCUT2D eigenvalue weighted by Crippen LogP contribution is 2.19. The summed E-state index contributed by atoms with van der Waals surface area (Å²) in [4.78, 5) is 2.46. The molecular weight excluding hydrogens is 286 g/mol.